The minimum atomic E-state index is -0.0211. The molecule has 0 saturated heterocycles. The lowest BCUT2D eigenvalue weighted by atomic mass is 10.1. The molecule has 0 atom stereocenters. The van der Waals surface area contributed by atoms with Crippen molar-refractivity contribution in [3.8, 4) is 22.4 Å². The quantitative estimate of drug-likeness (QED) is 0.215. The molecule has 0 fully saturated rings. The fourth-order valence-electron chi connectivity index (χ4n) is 3.28. The van der Waals surface area contributed by atoms with E-state index >= 15 is 0 Å². The highest BCUT2D eigenvalue weighted by Gasteiger charge is 2.18. The molecule has 0 aliphatic heterocycles. The van der Waals surface area contributed by atoms with E-state index in [4.69, 9.17) is 0 Å². The maximum atomic E-state index is 12.9. The molecule has 0 unspecified atom stereocenters. The van der Waals surface area contributed by atoms with Crippen LogP contribution in [0.25, 0.3) is 32.6 Å². The minimum Gasteiger partial charge on any atom is -0.291 e. The van der Waals surface area contributed by atoms with E-state index < -0.39 is 0 Å². The molecule has 158 valence electrons. The first-order valence-corrected chi connectivity index (χ1v) is 12.6. The summed E-state index contributed by atoms with van der Waals surface area (Å²) in [7, 11) is 1.77. The molecule has 3 heterocycles. The molecule has 5 nitrogen and oxygen atoms in total. The zero-order valence-corrected chi connectivity index (χ0v) is 19.6. The summed E-state index contributed by atoms with van der Waals surface area (Å²) in [6.07, 6.45) is 1.57. The van der Waals surface area contributed by atoms with Gasteiger partial charge in [0.15, 0.2) is 5.13 Å². The van der Waals surface area contributed by atoms with Crippen LogP contribution in [-0.4, -0.2) is 33.7 Å². The van der Waals surface area contributed by atoms with E-state index in [1.807, 2.05) is 53.9 Å². The molecule has 5 aromatic rings. The first-order valence-electron chi connectivity index (χ1n) is 9.88. The second kappa shape index (κ2) is 9.20. The molecule has 0 aliphatic carbocycles. The third-order valence-electron chi connectivity index (χ3n) is 4.98. The van der Waals surface area contributed by atoms with Crippen molar-refractivity contribution in [2.75, 3.05) is 17.7 Å². The average molecular weight is 475 g/mol. The zero-order valence-electron chi connectivity index (χ0n) is 17.1. The van der Waals surface area contributed by atoms with E-state index in [0.29, 0.717) is 5.13 Å². The van der Waals surface area contributed by atoms with Gasteiger partial charge in [-0.15, -0.1) is 22.7 Å². The van der Waals surface area contributed by atoms with Gasteiger partial charge in [-0.05, 0) is 5.56 Å². The molecule has 0 aliphatic rings. The Hall–Kier alpha value is -3.07. The van der Waals surface area contributed by atoms with Crippen LogP contribution in [0.2, 0.25) is 0 Å². The van der Waals surface area contributed by atoms with Gasteiger partial charge in [0.2, 0.25) is 5.91 Å². The number of nitrogens with zero attached hydrogens (tertiary/aromatic N) is 4. The van der Waals surface area contributed by atoms with Crippen LogP contribution in [-0.2, 0) is 4.79 Å². The molecule has 0 radical (unpaired) electrons. The SMILES string of the molecule is CN(C(=O)CSc1ncnc2scc(-c3ccccc3)c12)c1nc(-c2ccccc2)cs1. The van der Waals surface area contributed by atoms with Gasteiger partial charge >= 0.3 is 0 Å². The van der Waals surface area contributed by atoms with E-state index in [1.54, 1.807) is 29.6 Å². The van der Waals surface area contributed by atoms with Gasteiger partial charge in [0.1, 0.15) is 16.2 Å². The lowest BCUT2D eigenvalue weighted by Gasteiger charge is -2.13. The Labute approximate surface area is 197 Å². The van der Waals surface area contributed by atoms with Gasteiger partial charge < -0.3 is 0 Å². The summed E-state index contributed by atoms with van der Waals surface area (Å²) in [5.41, 5.74) is 4.14. The molecule has 5 rings (SSSR count). The van der Waals surface area contributed by atoms with E-state index in [0.717, 1.165) is 37.6 Å². The number of thiophene rings is 1. The normalized spacial score (nSPS) is 11.0. The Bertz CT molecular complexity index is 1370. The highest BCUT2D eigenvalue weighted by Crippen LogP contribution is 2.38. The fourth-order valence-corrected chi connectivity index (χ4v) is 6.00. The summed E-state index contributed by atoms with van der Waals surface area (Å²) in [5, 5.41) is 6.59. The first kappa shape index (κ1) is 20.8. The number of thiazole rings is 1. The van der Waals surface area contributed by atoms with Crippen LogP contribution in [0.15, 0.2) is 82.8 Å². The van der Waals surface area contributed by atoms with Crippen LogP contribution in [0, 0.1) is 0 Å². The van der Waals surface area contributed by atoms with Crippen molar-refractivity contribution >= 4 is 55.7 Å². The third kappa shape index (κ3) is 4.17. The zero-order chi connectivity index (χ0) is 21.9. The number of thioether (sulfide) groups is 1. The third-order valence-corrected chi connectivity index (χ3v) is 7.75. The molecule has 0 bridgehead atoms. The topological polar surface area (TPSA) is 59.0 Å². The van der Waals surface area contributed by atoms with Crippen molar-refractivity contribution in [2.24, 2.45) is 0 Å². The van der Waals surface area contributed by atoms with Gasteiger partial charge in [-0.3, -0.25) is 9.69 Å². The molecule has 1 amide bonds. The Morgan fingerprint density at radius 2 is 1.66 bits per heavy atom. The lowest BCUT2D eigenvalue weighted by molar-refractivity contribution is -0.115. The highest BCUT2D eigenvalue weighted by atomic mass is 32.2. The van der Waals surface area contributed by atoms with Gasteiger partial charge in [0.25, 0.3) is 0 Å². The molecule has 8 heteroatoms. The number of rotatable bonds is 6. The molecular weight excluding hydrogens is 456 g/mol. The van der Waals surface area contributed by atoms with Crippen molar-refractivity contribution in [1.82, 2.24) is 15.0 Å². The summed E-state index contributed by atoms with van der Waals surface area (Å²) in [4.78, 5) is 29.0. The number of carbonyl (C=O) groups is 1. The lowest BCUT2D eigenvalue weighted by Crippen LogP contribution is -2.27. The van der Waals surface area contributed by atoms with E-state index in [1.165, 1.54) is 23.1 Å². The van der Waals surface area contributed by atoms with Crippen molar-refractivity contribution < 1.29 is 4.79 Å². The summed E-state index contributed by atoms with van der Waals surface area (Å²) in [6.45, 7) is 0. The maximum Gasteiger partial charge on any atom is 0.238 e. The van der Waals surface area contributed by atoms with Gasteiger partial charge in [0, 0.05) is 28.9 Å². The smallest absolute Gasteiger partial charge is 0.238 e. The number of fused-ring (bicyclic) bond motifs is 1. The molecule has 0 N–H and O–H groups in total. The van der Waals surface area contributed by atoms with Gasteiger partial charge in [-0.25, -0.2) is 15.0 Å². The van der Waals surface area contributed by atoms with Crippen LogP contribution in [0.3, 0.4) is 0 Å². The predicted octanol–water partition coefficient (Wildman–Crippen LogP) is 6.24. The highest BCUT2D eigenvalue weighted by molar-refractivity contribution is 8.00. The number of hydrogen-bond donors (Lipinski definition) is 0. The molecular formula is C24H18N4OS3. The van der Waals surface area contributed by atoms with E-state index in [9.17, 15) is 4.79 Å². The number of aromatic nitrogens is 3. The number of hydrogen-bond acceptors (Lipinski definition) is 7. The molecule has 32 heavy (non-hydrogen) atoms. The predicted molar refractivity (Wildman–Crippen MR) is 135 cm³/mol. The summed E-state index contributed by atoms with van der Waals surface area (Å²) in [5.74, 6) is 0.250. The van der Waals surface area contributed by atoms with E-state index in [-0.39, 0.29) is 11.7 Å². The first-order chi connectivity index (χ1) is 15.7. The summed E-state index contributed by atoms with van der Waals surface area (Å²) >= 11 is 4.50. The monoisotopic (exact) mass is 474 g/mol. The van der Waals surface area contributed by atoms with Gasteiger partial charge in [0.05, 0.1) is 16.8 Å². The van der Waals surface area contributed by atoms with Crippen LogP contribution < -0.4 is 4.90 Å². The van der Waals surface area contributed by atoms with E-state index in [2.05, 4.69) is 32.5 Å². The van der Waals surface area contributed by atoms with Crippen LogP contribution >= 0.6 is 34.4 Å². The van der Waals surface area contributed by atoms with Crippen molar-refractivity contribution in [1.29, 1.82) is 0 Å². The summed E-state index contributed by atoms with van der Waals surface area (Å²) in [6, 6.07) is 20.2. The Kier molecular flexibility index (Phi) is 5.98. The molecule has 2 aromatic carbocycles. The standard InChI is InChI=1S/C24H18N4OS3/c1-28(24-27-19(13-32-24)17-10-6-3-7-11-17)20(29)14-31-23-21-18(16-8-4-2-5-9-16)12-30-22(21)25-15-26-23/h2-13,15H,14H2,1H3. The largest absolute Gasteiger partial charge is 0.291 e. The molecule has 0 spiro atoms. The van der Waals surface area contributed by atoms with Gasteiger partial charge in [-0.1, -0.05) is 72.4 Å². The van der Waals surface area contributed by atoms with Crippen molar-refractivity contribution in [3.05, 3.63) is 77.8 Å². The number of benzene rings is 2. The van der Waals surface area contributed by atoms with Crippen LogP contribution in [0.1, 0.15) is 0 Å². The van der Waals surface area contributed by atoms with Crippen molar-refractivity contribution in [2.45, 2.75) is 5.03 Å². The number of carbonyl (C=O) groups excluding carboxylic acids is 1. The number of amides is 1. The average Bonchev–Trinajstić information content (AvgIpc) is 3.51. The fraction of sp³-hybridized carbons (Fsp3) is 0.0833. The molecule has 0 saturated carbocycles. The maximum absolute atomic E-state index is 12.9. The van der Waals surface area contributed by atoms with Crippen molar-refractivity contribution in [3.63, 3.8) is 0 Å². The van der Waals surface area contributed by atoms with Gasteiger partial charge in [-0.2, -0.15) is 0 Å². The van der Waals surface area contributed by atoms with Crippen LogP contribution in [0.4, 0.5) is 5.13 Å². The van der Waals surface area contributed by atoms with Crippen LogP contribution in [0.5, 0.6) is 0 Å². The second-order valence-electron chi connectivity index (χ2n) is 7.00. The Balaban J connectivity index is 1.34. The minimum absolute atomic E-state index is 0.0211. The number of anilines is 1. The Morgan fingerprint density at radius 1 is 0.938 bits per heavy atom. The summed E-state index contributed by atoms with van der Waals surface area (Å²) < 4.78 is 0. The second-order valence-corrected chi connectivity index (χ2v) is 9.66. The molecule has 3 aromatic heterocycles. The Morgan fingerprint density at radius 3 is 2.41 bits per heavy atom.